The highest BCUT2D eigenvalue weighted by Gasteiger charge is 2.46. The second-order valence-corrected chi connectivity index (χ2v) is 19.2. The van der Waals surface area contributed by atoms with Crippen LogP contribution < -0.4 is 10.6 Å². The van der Waals surface area contributed by atoms with Gasteiger partial charge in [-0.15, -0.1) is 6.42 Å². The molecule has 0 radical (unpaired) electrons. The number of amides is 3. The molecule has 0 unspecified atom stereocenters. The van der Waals surface area contributed by atoms with Gasteiger partial charge in [0.05, 0.1) is 6.10 Å². The highest BCUT2D eigenvalue weighted by Crippen LogP contribution is 2.38. The van der Waals surface area contributed by atoms with Gasteiger partial charge < -0.3 is 29.8 Å². The Morgan fingerprint density at radius 1 is 1.10 bits per heavy atom. The van der Waals surface area contributed by atoms with E-state index in [2.05, 4.69) is 50.4 Å². The van der Waals surface area contributed by atoms with Gasteiger partial charge in [-0.25, -0.2) is 4.79 Å². The van der Waals surface area contributed by atoms with Crippen molar-refractivity contribution in [2.45, 2.75) is 117 Å². The first-order valence-corrected chi connectivity index (χ1v) is 17.5. The predicted molar refractivity (Wildman–Crippen MR) is 167 cm³/mol. The third-order valence-electron chi connectivity index (χ3n) is 8.16. The number of carbonyl (C=O) groups excluding carboxylic acids is 3. The van der Waals surface area contributed by atoms with Crippen molar-refractivity contribution in [3.05, 3.63) is 35.4 Å². The number of β-amino-alcohol motifs (C(OH)–C–C–N with tert-alkyl or cyclic N) is 1. The minimum atomic E-state index is -2.04. The second-order valence-electron chi connectivity index (χ2n) is 14.4. The van der Waals surface area contributed by atoms with Crippen LogP contribution in [0.2, 0.25) is 18.1 Å². The third-order valence-corrected chi connectivity index (χ3v) is 12.7. The van der Waals surface area contributed by atoms with Gasteiger partial charge in [-0.05, 0) is 68.4 Å². The topological polar surface area (TPSA) is 117 Å². The number of alkyl carbamates (subject to hydrolysis) is 1. The molecule has 0 spiro atoms. The molecule has 1 aromatic rings. The summed E-state index contributed by atoms with van der Waals surface area (Å²) in [6.45, 7) is 20.5. The van der Waals surface area contributed by atoms with Crippen LogP contribution in [-0.2, 0) is 25.3 Å². The zero-order chi connectivity index (χ0) is 32.1. The Morgan fingerprint density at radius 3 is 2.21 bits per heavy atom. The lowest BCUT2D eigenvalue weighted by molar-refractivity contribution is -0.142. The van der Waals surface area contributed by atoms with E-state index in [4.69, 9.17) is 15.6 Å². The number of nitrogens with one attached hydrogen (secondary N) is 2. The molecule has 0 aromatic heterocycles. The summed E-state index contributed by atoms with van der Waals surface area (Å²) in [5.41, 5.74) is 0.0643. The molecule has 3 N–H and O–H groups in total. The molecule has 0 aliphatic carbocycles. The summed E-state index contributed by atoms with van der Waals surface area (Å²) >= 11 is 0. The molecule has 1 heterocycles. The first-order valence-electron chi connectivity index (χ1n) is 14.6. The van der Waals surface area contributed by atoms with Crippen molar-refractivity contribution in [2.75, 3.05) is 13.2 Å². The van der Waals surface area contributed by atoms with Gasteiger partial charge in [-0.1, -0.05) is 52.7 Å². The standard InChI is InChI=1S/C32H51N3O6Si/c1-12-22-13-15-23(16-14-22)20-33-27(37)25-19-24(36)21-35(25)28(38)26(34-29(39)41-30(2,3)4)32(8,9)17-18-40-42(10,11)31(5,6)7/h1,13-16,24-26,36H,17-21H2,2-11H3,(H,33,37)(H,34,39)/t24-,25+,26+/m1/s1. The molecular formula is C32H51N3O6Si. The van der Waals surface area contributed by atoms with Gasteiger partial charge in [-0.2, -0.15) is 0 Å². The van der Waals surface area contributed by atoms with Crippen molar-refractivity contribution in [2.24, 2.45) is 5.41 Å². The molecule has 1 aliphatic heterocycles. The molecule has 42 heavy (non-hydrogen) atoms. The van der Waals surface area contributed by atoms with Gasteiger partial charge in [0.2, 0.25) is 11.8 Å². The number of ether oxygens (including phenoxy) is 1. The normalized spacial score (nSPS) is 18.7. The maximum atomic E-state index is 14.1. The SMILES string of the molecule is C#Cc1ccc(CNC(=O)[C@@H]2C[C@@H](O)CN2C(=O)[C@H](NC(=O)OC(C)(C)C)C(C)(C)CCO[Si](C)(C)C(C)(C)C)cc1. The minimum Gasteiger partial charge on any atom is -0.444 e. The van der Waals surface area contributed by atoms with Crippen molar-refractivity contribution in [3.8, 4) is 12.3 Å². The molecule has 0 saturated carbocycles. The summed E-state index contributed by atoms with van der Waals surface area (Å²) in [4.78, 5) is 41.7. The number of carbonyl (C=O) groups is 3. The van der Waals surface area contributed by atoms with Gasteiger partial charge in [0.1, 0.15) is 17.7 Å². The van der Waals surface area contributed by atoms with Crippen LogP contribution in [0.15, 0.2) is 24.3 Å². The average Bonchev–Trinajstić information content (AvgIpc) is 3.25. The lowest BCUT2D eigenvalue weighted by Gasteiger charge is -2.40. The van der Waals surface area contributed by atoms with Crippen molar-refractivity contribution in [3.63, 3.8) is 0 Å². The fourth-order valence-corrected chi connectivity index (χ4v) is 5.49. The molecule has 1 saturated heterocycles. The van der Waals surface area contributed by atoms with E-state index in [9.17, 15) is 19.5 Å². The van der Waals surface area contributed by atoms with Gasteiger partial charge in [0.25, 0.3) is 0 Å². The van der Waals surface area contributed by atoms with E-state index in [1.807, 2.05) is 26.0 Å². The fourth-order valence-electron chi connectivity index (χ4n) is 4.44. The number of hydrogen-bond donors (Lipinski definition) is 3. The van der Waals surface area contributed by atoms with Crippen LogP contribution in [0, 0.1) is 17.8 Å². The smallest absolute Gasteiger partial charge is 0.408 e. The van der Waals surface area contributed by atoms with Crippen molar-refractivity contribution >= 4 is 26.2 Å². The fraction of sp³-hybridized carbons (Fsp3) is 0.656. The summed E-state index contributed by atoms with van der Waals surface area (Å²) in [5.74, 6) is 1.73. The Morgan fingerprint density at radius 2 is 1.69 bits per heavy atom. The van der Waals surface area contributed by atoms with E-state index in [-0.39, 0.29) is 30.5 Å². The van der Waals surface area contributed by atoms with Crippen LogP contribution in [-0.4, -0.2) is 73.2 Å². The van der Waals surface area contributed by atoms with Gasteiger partial charge >= 0.3 is 6.09 Å². The largest absolute Gasteiger partial charge is 0.444 e. The number of rotatable bonds is 10. The average molecular weight is 602 g/mol. The monoisotopic (exact) mass is 601 g/mol. The van der Waals surface area contributed by atoms with Crippen LogP contribution in [0.25, 0.3) is 0 Å². The molecular weight excluding hydrogens is 550 g/mol. The Balaban J connectivity index is 2.26. The lowest BCUT2D eigenvalue weighted by atomic mass is 9.80. The van der Waals surface area contributed by atoms with E-state index < -0.39 is 49.5 Å². The molecule has 10 heteroatoms. The van der Waals surface area contributed by atoms with Crippen LogP contribution in [0.1, 0.15) is 79.4 Å². The number of nitrogens with zero attached hydrogens (tertiary/aromatic N) is 1. The van der Waals surface area contributed by atoms with Gasteiger partial charge in [-0.3, -0.25) is 9.59 Å². The van der Waals surface area contributed by atoms with Gasteiger partial charge in [0, 0.05) is 31.7 Å². The van der Waals surface area contributed by atoms with E-state index in [1.54, 1.807) is 32.9 Å². The highest BCUT2D eigenvalue weighted by atomic mass is 28.4. The van der Waals surface area contributed by atoms with Gasteiger partial charge in [0.15, 0.2) is 8.32 Å². The van der Waals surface area contributed by atoms with Crippen LogP contribution in [0.4, 0.5) is 4.79 Å². The second kappa shape index (κ2) is 13.6. The predicted octanol–water partition coefficient (Wildman–Crippen LogP) is 4.58. The molecule has 1 aliphatic rings. The molecule has 1 aromatic carbocycles. The Bertz CT molecular complexity index is 1140. The van der Waals surface area contributed by atoms with E-state index >= 15 is 0 Å². The molecule has 3 atom stereocenters. The van der Waals surface area contributed by atoms with E-state index in [0.717, 1.165) is 11.1 Å². The first-order chi connectivity index (χ1) is 19.2. The quantitative estimate of drug-likeness (QED) is 0.267. The Hall–Kier alpha value is -2.87. The molecule has 0 bridgehead atoms. The lowest BCUT2D eigenvalue weighted by Crippen LogP contribution is -2.59. The van der Waals surface area contributed by atoms with Crippen LogP contribution >= 0.6 is 0 Å². The molecule has 2 rings (SSSR count). The molecule has 1 fully saturated rings. The minimum absolute atomic E-state index is 0.0170. The number of hydrogen-bond acceptors (Lipinski definition) is 6. The zero-order valence-electron chi connectivity index (χ0n) is 27.1. The number of aliphatic hydroxyl groups excluding tert-OH is 1. The van der Waals surface area contributed by atoms with E-state index in [0.29, 0.717) is 13.0 Å². The first kappa shape index (κ1) is 35.3. The number of benzene rings is 1. The number of aliphatic hydroxyl groups is 1. The summed E-state index contributed by atoms with van der Waals surface area (Å²) < 4.78 is 11.9. The van der Waals surface area contributed by atoms with Crippen LogP contribution in [0.3, 0.4) is 0 Å². The van der Waals surface area contributed by atoms with Crippen molar-refractivity contribution in [1.29, 1.82) is 0 Å². The highest BCUT2D eigenvalue weighted by molar-refractivity contribution is 6.74. The summed E-state index contributed by atoms with van der Waals surface area (Å²) in [7, 11) is -2.04. The Kier molecular flexibility index (Phi) is 11.5. The number of likely N-dealkylation sites (tertiary alicyclic amines) is 1. The summed E-state index contributed by atoms with van der Waals surface area (Å²) in [6, 6.07) is 5.33. The van der Waals surface area contributed by atoms with E-state index in [1.165, 1.54) is 4.90 Å². The van der Waals surface area contributed by atoms with Crippen molar-refractivity contribution in [1.82, 2.24) is 15.5 Å². The molecule has 3 amide bonds. The Labute approximate surface area is 253 Å². The summed E-state index contributed by atoms with van der Waals surface area (Å²) in [6.07, 6.45) is 4.40. The number of terminal acetylenes is 1. The maximum Gasteiger partial charge on any atom is 0.408 e. The third kappa shape index (κ3) is 9.85. The van der Waals surface area contributed by atoms with Crippen molar-refractivity contribution < 1.29 is 28.7 Å². The summed E-state index contributed by atoms with van der Waals surface area (Å²) in [5, 5.41) is 16.2. The van der Waals surface area contributed by atoms with Crippen LogP contribution in [0.5, 0.6) is 0 Å². The molecule has 234 valence electrons. The molecule has 9 nitrogen and oxygen atoms in total. The zero-order valence-corrected chi connectivity index (χ0v) is 28.1. The maximum absolute atomic E-state index is 14.1.